The molecular formula is C27H40N2O5. The van der Waals surface area contributed by atoms with E-state index >= 15 is 0 Å². The van der Waals surface area contributed by atoms with Crippen molar-refractivity contribution >= 4 is 18.0 Å². The summed E-state index contributed by atoms with van der Waals surface area (Å²) in [6.45, 7) is 4.37. The number of nitrogens with one attached hydrogen (secondary N) is 1. The van der Waals surface area contributed by atoms with Crippen LogP contribution in [0.15, 0.2) is 30.3 Å². The average molecular weight is 473 g/mol. The molecule has 1 saturated carbocycles. The third-order valence-electron chi connectivity index (χ3n) is 7.02. The van der Waals surface area contributed by atoms with E-state index in [2.05, 4.69) is 12.2 Å². The number of carbonyl (C=O) groups excluding carboxylic acids is 3. The molecule has 188 valence electrons. The van der Waals surface area contributed by atoms with Crippen LogP contribution in [0.5, 0.6) is 0 Å². The first-order chi connectivity index (χ1) is 16.5. The van der Waals surface area contributed by atoms with Crippen LogP contribution < -0.4 is 5.32 Å². The van der Waals surface area contributed by atoms with Gasteiger partial charge in [-0.3, -0.25) is 4.79 Å². The maximum atomic E-state index is 13.3. The SMILES string of the molecule is CCCCCCCCOC(=O)[C@@H]1C[C@@H]2CCC[C@@H]2N1C(=O)[C@H](C)NC(=O)OCc1ccccc1. The van der Waals surface area contributed by atoms with Crippen LogP contribution in [0.2, 0.25) is 0 Å². The van der Waals surface area contributed by atoms with Crippen LogP contribution in [-0.2, 0) is 25.7 Å². The molecule has 1 aliphatic carbocycles. The number of alkyl carbamates (subject to hydrolysis) is 1. The largest absolute Gasteiger partial charge is 0.464 e. The van der Waals surface area contributed by atoms with Crippen molar-refractivity contribution in [3.8, 4) is 0 Å². The number of esters is 1. The van der Waals surface area contributed by atoms with Crippen molar-refractivity contribution in [3.05, 3.63) is 35.9 Å². The van der Waals surface area contributed by atoms with Crippen LogP contribution in [0, 0.1) is 5.92 Å². The third kappa shape index (κ3) is 7.21. The molecule has 34 heavy (non-hydrogen) atoms. The minimum absolute atomic E-state index is 0.0451. The molecule has 2 aliphatic rings. The van der Waals surface area contributed by atoms with Gasteiger partial charge in [-0.1, -0.05) is 75.8 Å². The summed E-state index contributed by atoms with van der Waals surface area (Å²) in [4.78, 5) is 40.2. The highest BCUT2D eigenvalue weighted by Gasteiger charge is 2.50. The number of hydrogen-bond donors (Lipinski definition) is 1. The fourth-order valence-corrected chi connectivity index (χ4v) is 5.19. The number of hydrogen-bond acceptors (Lipinski definition) is 5. The van der Waals surface area contributed by atoms with Gasteiger partial charge in [0.05, 0.1) is 6.61 Å². The van der Waals surface area contributed by atoms with E-state index in [4.69, 9.17) is 9.47 Å². The van der Waals surface area contributed by atoms with E-state index < -0.39 is 18.2 Å². The van der Waals surface area contributed by atoms with Crippen LogP contribution in [0.4, 0.5) is 4.79 Å². The molecule has 2 fully saturated rings. The van der Waals surface area contributed by atoms with E-state index in [1.54, 1.807) is 11.8 Å². The Morgan fingerprint density at radius 2 is 1.76 bits per heavy atom. The van der Waals surface area contributed by atoms with Gasteiger partial charge in [-0.15, -0.1) is 0 Å². The summed E-state index contributed by atoms with van der Waals surface area (Å²) in [6.07, 6.45) is 9.72. The summed E-state index contributed by atoms with van der Waals surface area (Å²) in [5, 5.41) is 2.64. The molecule has 1 aromatic rings. The Hall–Kier alpha value is -2.57. The molecule has 7 heteroatoms. The Morgan fingerprint density at radius 1 is 1.03 bits per heavy atom. The smallest absolute Gasteiger partial charge is 0.408 e. The number of ether oxygens (including phenoxy) is 2. The number of fused-ring (bicyclic) bond motifs is 1. The molecule has 2 amide bonds. The molecular weight excluding hydrogens is 432 g/mol. The molecule has 1 aliphatic heterocycles. The van der Waals surface area contributed by atoms with Crippen LogP contribution in [0.25, 0.3) is 0 Å². The lowest BCUT2D eigenvalue weighted by Gasteiger charge is -2.31. The first-order valence-corrected chi connectivity index (χ1v) is 13.0. The van der Waals surface area contributed by atoms with Gasteiger partial charge in [0, 0.05) is 6.04 Å². The molecule has 0 unspecified atom stereocenters. The van der Waals surface area contributed by atoms with Crippen LogP contribution in [-0.4, -0.2) is 47.6 Å². The minimum atomic E-state index is -0.781. The molecule has 0 radical (unpaired) electrons. The summed E-state index contributed by atoms with van der Waals surface area (Å²) in [5.41, 5.74) is 0.873. The highest BCUT2D eigenvalue weighted by Crippen LogP contribution is 2.42. The summed E-state index contributed by atoms with van der Waals surface area (Å²) >= 11 is 0. The molecule has 4 atom stereocenters. The van der Waals surface area contributed by atoms with Gasteiger partial charge >= 0.3 is 12.1 Å². The zero-order chi connectivity index (χ0) is 24.3. The number of carbonyl (C=O) groups is 3. The van der Waals surface area contributed by atoms with E-state index in [0.29, 0.717) is 18.9 Å². The van der Waals surface area contributed by atoms with Crippen molar-refractivity contribution in [3.63, 3.8) is 0 Å². The van der Waals surface area contributed by atoms with Crippen LogP contribution >= 0.6 is 0 Å². The lowest BCUT2D eigenvalue weighted by atomic mass is 10.0. The maximum Gasteiger partial charge on any atom is 0.408 e. The topological polar surface area (TPSA) is 84.9 Å². The Balaban J connectivity index is 1.50. The molecule has 0 bridgehead atoms. The summed E-state index contributed by atoms with van der Waals surface area (Å²) in [5.74, 6) is -0.226. The number of amides is 2. The van der Waals surface area contributed by atoms with Gasteiger partial charge in [0.15, 0.2) is 0 Å². The van der Waals surface area contributed by atoms with E-state index in [1.165, 1.54) is 19.3 Å². The van der Waals surface area contributed by atoms with Crippen molar-refractivity contribution in [1.29, 1.82) is 0 Å². The molecule has 7 nitrogen and oxygen atoms in total. The number of unbranched alkanes of at least 4 members (excludes halogenated alkanes) is 5. The van der Waals surface area contributed by atoms with Gasteiger partial charge < -0.3 is 19.7 Å². The van der Waals surface area contributed by atoms with E-state index in [1.807, 2.05) is 30.3 Å². The zero-order valence-corrected chi connectivity index (χ0v) is 20.7. The number of nitrogens with zero attached hydrogens (tertiary/aromatic N) is 1. The van der Waals surface area contributed by atoms with Gasteiger partial charge in [0.1, 0.15) is 18.7 Å². The second kappa shape index (κ2) is 13.4. The first-order valence-electron chi connectivity index (χ1n) is 13.0. The second-order valence-corrected chi connectivity index (χ2v) is 9.62. The number of likely N-dealkylation sites (tertiary alicyclic amines) is 1. The summed E-state index contributed by atoms with van der Waals surface area (Å²) in [6, 6.07) is 8.08. The first kappa shape index (κ1) is 26.0. The van der Waals surface area contributed by atoms with E-state index in [0.717, 1.165) is 44.1 Å². The quantitative estimate of drug-likeness (QED) is 0.343. The van der Waals surface area contributed by atoms with E-state index in [-0.39, 0.29) is 24.5 Å². The van der Waals surface area contributed by atoms with Crippen LogP contribution in [0.1, 0.15) is 83.6 Å². The fraction of sp³-hybridized carbons (Fsp3) is 0.667. The summed E-state index contributed by atoms with van der Waals surface area (Å²) < 4.78 is 10.8. The molecule has 0 spiro atoms. The molecule has 3 rings (SSSR count). The molecule has 1 aromatic carbocycles. The van der Waals surface area contributed by atoms with Crippen LogP contribution in [0.3, 0.4) is 0 Å². The second-order valence-electron chi connectivity index (χ2n) is 9.62. The lowest BCUT2D eigenvalue weighted by Crippen LogP contribution is -2.53. The standard InChI is InChI=1S/C27H40N2O5/c1-3-4-5-6-7-11-17-33-26(31)24-18-22-15-12-16-23(22)29(24)25(30)20(2)28-27(32)34-19-21-13-9-8-10-14-21/h8-10,13-14,20,22-24H,3-7,11-12,15-19H2,1-2H3,(H,28,32)/t20-,22-,23-,24-/m0/s1. The predicted octanol–water partition coefficient (Wildman–Crippen LogP) is 4.97. The molecule has 1 N–H and O–H groups in total. The number of benzene rings is 1. The van der Waals surface area contributed by atoms with Crippen molar-refractivity contribution < 1.29 is 23.9 Å². The predicted molar refractivity (Wildman–Crippen MR) is 130 cm³/mol. The maximum absolute atomic E-state index is 13.3. The zero-order valence-electron chi connectivity index (χ0n) is 20.7. The normalized spacial score (nSPS) is 22.2. The fourth-order valence-electron chi connectivity index (χ4n) is 5.19. The van der Waals surface area contributed by atoms with E-state index in [9.17, 15) is 14.4 Å². The Labute approximate surface area is 203 Å². The highest BCUT2D eigenvalue weighted by atomic mass is 16.5. The van der Waals surface area contributed by atoms with Gasteiger partial charge in [-0.2, -0.15) is 0 Å². The van der Waals surface area contributed by atoms with Crippen molar-refractivity contribution in [2.75, 3.05) is 6.61 Å². The molecule has 0 aromatic heterocycles. The lowest BCUT2D eigenvalue weighted by molar-refractivity contribution is -0.155. The molecule has 1 saturated heterocycles. The van der Waals surface area contributed by atoms with Gasteiger partial charge in [-0.25, -0.2) is 9.59 Å². The highest BCUT2D eigenvalue weighted by molar-refractivity contribution is 5.90. The third-order valence-corrected chi connectivity index (χ3v) is 7.02. The minimum Gasteiger partial charge on any atom is -0.464 e. The number of rotatable bonds is 12. The van der Waals surface area contributed by atoms with Crippen molar-refractivity contribution in [1.82, 2.24) is 10.2 Å². The van der Waals surface area contributed by atoms with Gasteiger partial charge in [0.2, 0.25) is 5.91 Å². The molecule has 1 heterocycles. The Kier molecular flexibility index (Phi) is 10.2. The van der Waals surface area contributed by atoms with Crippen molar-refractivity contribution in [2.45, 2.75) is 103 Å². The summed E-state index contributed by atoms with van der Waals surface area (Å²) in [7, 11) is 0. The Morgan fingerprint density at radius 3 is 2.53 bits per heavy atom. The van der Waals surface area contributed by atoms with Gasteiger partial charge in [-0.05, 0) is 44.1 Å². The Bertz CT molecular complexity index is 799. The average Bonchev–Trinajstić information content (AvgIpc) is 3.44. The van der Waals surface area contributed by atoms with Crippen molar-refractivity contribution in [2.24, 2.45) is 5.92 Å². The monoisotopic (exact) mass is 472 g/mol. The van der Waals surface area contributed by atoms with Gasteiger partial charge in [0.25, 0.3) is 0 Å².